The van der Waals surface area contributed by atoms with Crippen LogP contribution in [-0.4, -0.2) is 9.73 Å². The Morgan fingerprint density at radius 3 is 3.00 bits per heavy atom. The third-order valence-corrected chi connectivity index (χ3v) is 2.69. The van der Waals surface area contributed by atoms with E-state index in [1.165, 1.54) is 0 Å². The fraction of sp³-hybridized carbons (Fsp3) is 0.333. The summed E-state index contributed by atoms with van der Waals surface area (Å²) < 4.78 is 4.59. The van der Waals surface area contributed by atoms with Crippen LogP contribution in [0.2, 0.25) is 0 Å². The normalized spacial score (nSPS) is 11.2. The lowest BCUT2D eigenvalue weighted by Crippen LogP contribution is -2.29. The second-order valence-corrected chi connectivity index (χ2v) is 3.48. The molecule has 0 radical (unpaired) electrons. The molecule has 0 aliphatic carbocycles. The molecule has 2 rings (SSSR count). The number of fused-ring (bicyclic) bond motifs is 1. The summed E-state index contributed by atoms with van der Waals surface area (Å²) in [5.74, 6) is 0. The highest BCUT2D eigenvalue weighted by Gasteiger charge is 2.05. The van der Waals surface area contributed by atoms with E-state index < -0.39 is 0 Å². The molecule has 5 heteroatoms. The van der Waals surface area contributed by atoms with E-state index >= 15 is 0 Å². The second kappa shape index (κ2) is 2.20. The van der Waals surface area contributed by atoms with Gasteiger partial charge in [0.1, 0.15) is 6.20 Å². The van der Waals surface area contributed by atoms with Gasteiger partial charge >= 0.3 is 0 Å². The topological polar surface area (TPSA) is 35.5 Å². The van der Waals surface area contributed by atoms with Crippen molar-refractivity contribution in [3.63, 3.8) is 0 Å². The summed E-state index contributed by atoms with van der Waals surface area (Å²) in [6, 6.07) is 0. The number of rotatable bonds is 0. The van der Waals surface area contributed by atoms with Crippen molar-refractivity contribution in [3.8, 4) is 0 Å². The van der Waals surface area contributed by atoms with E-state index in [0.717, 1.165) is 15.1 Å². The van der Waals surface area contributed by atoms with E-state index in [2.05, 4.69) is 32.8 Å². The van der Waals surface area contributed by atoms with Gasteiger partial charge in [0.25, 0.3) is 0 Å². The molecule has 0 atom stereocenters. The Hall–Kier alpha value is -0.590. The Labute approximate surface area is 77.3 Å². The zero-order valence-electron chi connectivity index (χ0n) is 6.24. The molecule has 0 aromatic carbocycles. The summed E-state index contributed by atoms with van der Waals surface area (Å²) in [7, 11) is 0. The monoisotopic (exact) mass is 262 g/mol. The predicted molar refractivity (Wildman–Crippen MR) is 46.4 cm³/mol. The molecular formula is C6H7IN4. The third kappa shape index (κ3) is 0.943. The van der Waals surface area contributed by atoms with Crippen LogP contribution >= 0.6 is 22.6 Å². The highest BCUT2D eigenvalue weighted by molar-refractivity contribution is 14.1. The first-order valence-electron chi connectivity index (χ1n) is 3.26. The third-order valence-electron chi connectivity index (χ3n) is 1.48. The van der Waals surface area contributed by atoms with Gasteiger partial charge in [-0.3, -0.25) is 5.10 Å². The van der Waals surface area contributed by atoms with Gasteiger partial charge in [0.15, 0.2) is 5.69 Å². The van der Waals surface area contributed by atoms with Gasteiger partial charge in [-0.1, -0.05) is 0 Å². The average molecular weight is 262 g/mol. The van der Waals surface area contributed by atoms with Crippen LogP contribution in [0.5, 0.6) is 0 Å². The van der Waals surface area contributed by atoms with Gasteiger partial charge in [-0.25, -0.2) is 0 Å². The molecule has 0 aliphatic heterocycles. The van der Waals surface area contributed by atoms with E-state index in [9.17, 15) is 0 Å². The molecule has 2 aromatic rings. The maximum absolute atomic E-state index is 4.24. The van der Waals surface area contributed by atoms with Crippen LogP contribution in [0.15, 0.2) is 6.20 Å². The van der Waals surface area contributed by atoms with Gasteiger partial charge in [-0.15, -0.1) is 4.63 Å². The van der Waals surface area contributed by atoms with Crippen LogP contribution in [0.4, 0.5) is 0 Å². The Morgan fingerprint density at radius 1 is 1.64 bits per heavy atom. The maximum atomic E-state index is 4.24. The predicted octanol–water partition coefficient (Wildman–Crippen LogP) is 0.0984. The number of hydrogen-bond donors (Lipinski definition) is 0. The first-order valence-corrected chi connectivity index (χ1v) is 4.34. The average Bonchev–Trinajstić information content (AvgIpc) is 2.37. The first-order chi connectivity index (χ1) is 5.18. The van der Waals surface area contributed by atoms with E-state index in [1.807, 2.05) is 20.0 Å². The molecule has 0 saturated carbocycles. The first kappa shape index (κ1) is 7.08. The van der Waals surface area contributed by atoms with Gasteiger partial charge in [-0.05, 0) is 40.3 Å². The molecule has 0 saturated heterocycles. The van der Waals surface area contributed by atoms with Gasteiger partial charge in [0, 0.05) is 6.92 Å². The molecule has 0 N–H and O–H groups in total. The molecule has 11 heavy (non-hydrogen) atoms. The lowest BCUT2D eigenvalue weighted by Gasteiger charge is -1.84. The maximum Gasteiger partial charge on any atom is 0.192 e. The van der Waals surface area contributed by atoms with Crippen LogP contribution < -0.4 is 9.73 Å². The van der Waals surface area contributed by atoms with Crippen LogP contribution in [0, 0.1) is 17.5 Å². The highest BCUT2D eigenvalue weighted by Crippen LogP contribution is 2.03. The molecule has 0 amide bonds. The number of nitrogens with zero attached hydrogens (tertiary/aromatic N) is 4. The van der Waals surface area contributed by atoms with Crippen molar-refractivity contribution < 1.29 is 4.63 Å². The number of hydrogen-bond acceptors (Lipinski definition) is 1. The van der Waals surface area contributed by atoms with Crippen molar-refractivity contribution in [3.05, 3.63) is 21.3 Å². The highest BCUT2D eigenvalue weighted by atomic mass is 127. The molecular weight excluding hydrogens is 255 g/mol. The van der Waals surface area contributed by atoms with Crippen molar-refractivity contribution in [1.82, 2.24) is 14.8 Å². The van der Waals surface area contributed by atoms with Crippen LogP contribution in [0.3, 0.4) is 0 Å². The smallest absolute Gasteiger partial charge is 0.192 e. The van der Waals surface area contributed by atoms with E-state index in [0.29, 0.717) is 0 Å². The fourth-order valence-corrected chi connectivity index (χ4v) is 1.42. The van der Waals surface area contributed by atoms with Crippen LogP contribution in [0.25, 0.3) is 0 Å². The second-order valence-electron chi connectivity index (χ2n) is 2.46. The van der Waals surface area contributed by atoms with E-state index in [-0.39, 0.29) is 0 Å². The van der Waals surface area contributed by atoms with Crippen LogP contribution in [0.1, 0.15) is 11.4 Å². The lowest BCUT2D eigenvalue weighted by atomic mass is 10.6. The van der Waals surface area contributed by atoms with E-state index in [1.54, 1.807) is 9.26 Å². The number of aryl methyl sites for hydroxylation is 2. The molecule has 2 heterocycles. The summed E-state index contributed by atoms with van der Waals surface area (Å²) >= 11 is 2.23. The number of aromatic nitrogens is 4. The van der Waals surface area contributed by atoms with Crippen molar-refractivity contribution in [2.45, 2.75) is 13.8 Å². The van der Waals surface area contributed by atoms with Crippen molar-refractivity contribution >= 4 is 22.6 Å². The van der Waals surface area contributed by atoms with Crippen molar-refractivity contribution in [1.29, 1.82) is 0 Å². The summed E-state index contributed by atoms with van der Waals surface area (Å²) in [4.78, 5) is 0. The molecule has 4 nitrogen and oxygen atoms in total. The zero-order valence-corrected chi connectivity index (χ0v) is 8.40. The largest absolute Gasteiger partial charge is 0.275 e. The Kier molecular flexibility index (Phi) is 1.41. The summed E-state index contributed by atoms with van der Waals surface area (Å²) in [5, 5.41) is 8.49. The van der Waals surface area contributed by atoms with E-state index in [4.69, 9.17) is 0 Å². The van der Waals surface area contributed by atoms with Gasteiger partial charge in [0.05, 0.1) is 3.70 Å². The molecule has 0 aliphatic rings. The SMILES string of the molecule is Cc1c[n+]2[n-]c(C)c(I)n2n1. The van der Waals surface area contributed by atoms with Crippen LogP contribution in [-0.2, 0) is 0 Å². The lowest BCUT2D eigenvalue weighted by molar-refractivity contribution is -0.682. The van der Waals surface area contributed by atoms with Gasteiger partial charge in [0.2, 0.25) is 0 Å². The quantitative estimate of drug-likeness (QED) is 0.498. The zero-order chi connectivity index (χ0) is 8.01. The molecule has 0 unspecified atom stereocenters. The number of halogens is 1. The molecule has 0 bridgehead atoms. The molecule has 0 spiro atoms. The van der Waals surface area contributed by atoms with Crippen molar-refractivity contribution in [2.24, 2.45) is 0 Å². The fourth-order valence-electron chi connectivity index (χ4n) is 0.988. The standard InChI is InChI=1S/C6H7IN4/c1-4-3-10-9-5(2)6(7)11(10)8-4/h3H,1-2H3. The summed E-state index contributed by atoms with van der Waals surface area (Å²) in [6.45, 7) is 3.92. The van der Waals surface area contributed by atoms with Gasteiger partial charge < -0.3 is 0 Å². The molecule has 2 aromatic heterocycles. The minimum atomic E-state index is 0.982. The molecule has 0 fully saturated rings. The summed E-state index contributed by atoms with van der Waals surface area (Å²) in [5.41, 5.74) is 1.99. The Balaban J connectivity index is 2.88. The summed E-state index contributed by atoms with van der Waals surface area (Å²) in [6.07, 6.45) is 1.90. The van der Waals surface area contributed by atoms with Crippen molar-refractivity contribution in [2.75, 3.05) is 0 Å². The Bertz CT molecular complexity index is 400. The minimum absolute atomic E-state index is 0.982. The Morgan fingerprint density at radius 2 is 2.36 bits per heavy atom. The molecule has 58 valence electrons. The van der Waals surface area contributed by atoms with Gasteiger partial charge in [-0.2, -0.15) is 4.63 Å². The minimum Gasteiger partial charge on any atom is -0.275 e.